The molecule has 2 atom stereocenters. The summed E-state index contributed by atoms with van der Waals surface area (Å²) in [7, 11) is 1.50. The number of carbonyl (C=O) groups is 1. The van der Waals surface area contributed by atoms with Crippen molar-refractivity contribution in [2.45, 2.75) is 19.0 Å². The zero-order valence-corrected chi connectivity index (χ0v) is 16.2. The standard InChI is InChI=1S/C19H19F3N6O2/c1-9-14(3-10(8-29)6-23-9)25-17-26-19(30)27(2)18-24-7-15(28(17)18)11-4-12(20)16(22)13(21)5-11/h3-6,9,15,23,29H,7-8H2,1-2H3,(H,25,26,30). The highest BCUT2D eigenvalue weighted by atomic mass is 19.2. The molecule has 0 aliphatic carbocycles. The van der Waals surface area contributed by atoms with Crippen molar-refractivity contribution in [3.8, 4) is 0 Å². The molecule has 3 aliphatic heterocycles. The number of hydrogen-bond donors (Lipinski definition) is 3. The Morgan fingerprint density at radius 2 is 2.00 bits per heavy atom. The van der Waals surface area contributed by atoms with E-state index in [0.717, 1.165) is 12.1 Å². The molecule has 1 aromatic carbocycles. The van der Waals surface area contributed by atoms with Crippen molar-refractivity contribution in [2.24, 2.45) is 9.98 Å². The van der Waals surface area contributed by atoms with Gasteiger partial charge in [-0.15, -0.1) is 0 Å². The van der Waals surface area contributed by atoms with Gasteiger partial charge in [-0.3, -0.25) is 15.1 Å². The first-order valence-corrected chi connectivity index (χ1v) is 9.19. The first-order valence-electron chi connectivity index (χ1n) is 9.19. The number of hydrogen-bond acceptors (Lipinski definition) is 5. The number of urea groups is 1. The van der Waals surface area contributed by atoms with Crippen LogP contribution in [0.25, 0.3) is 0 Å². The third kappa shape index (κ3) is 3.30. The molecule has 30 heavy (non-hydrogen) atoms. The molecule has 1 aromatic rings. The van der Waals surface area contributed by atoms with Crippen LogP contribution in [0.15, 0.2) is 45.7 Å². The summed E-state index contributed by atoms with van der Waals surface area (Å²) in [5.41, 5.74) is 1.28. The average Bonchev–Trinajstić information content (AvgIpc) is 3.17. The molecule has 0 bridgehead atoms. The van der Waals surface area contributed by atoms with E-state index in [2.05, 4.69) is 20.6 Å². The first kappa shape index (κ1) is 20.0. The number of dihydropyridines is 1. The number of carbonyl (C=O) groups excluding carboxylic acids is 1. The van der Waals surface area contributed by atoms with Gasteiger partial charge in [0.2, 0.25) is 11.9 Å². The highest BCUT2D eigenvalue weighted by Crippen LogP contribution is 2.31. The van der Waals surface area contributed by atoms with E-state index < -0.39 is 29.5 Å². The fraction of sp³-hybridized carbons (Fsp3) is 0.316. The third-order valence-electron chi connectivity index (χ3n) is 5.09. The number of amides is 2. The molecule has 1 fully saturated rings. The summed E-state index contributed by atoms with van der Waals surface area (Å²) in [6.45, 7) is 1.74. The third-order valence-corrected chi connectivity index (χ3v) is 5.09. The maximum atomic E-state index is 13.8. The van der Waals surface area contributed by atoms with E-state index in [4.69, 9.17) is 0 Å². The minimum absolute atomic E-state index is 0.0901. The predicted octanol–water partition coefficient (Wildman–Crippen LogP) is 1.58. The number of aliphatic hydroxyl groups is 1. The molecule has 8 nitrogen and oxygen atoms in total. The number of fused-ring (bicyclic) bond motifs is 1. The lowest BCUT2D eigenvalue weighted by Crippen LogP contribution is -2.61. The summed E-state index contributed by atoms with van der Waals surface area (Å²) in [5, 5.41) is 15.1. The quantitative estimate of drug-likeness (QED) is 0.648. The van der Waals surface area contributed by atoms with Gasteiger partial charge in [-0.1, -0.05) is 0 Å². The van der Waals surface area contributed by atoms with Crippen molar-refractivity contribution in [2.75, 3.05) is 20.2 Å². The summed E-state index contributed by atoms with van der Waals surface area (Å²) in [6, 6.07) is 0.424. The van der Waals surface area contributed by atoms with Crippen LogP contribution in [0, 0.1) is 17.5 Å². The Bertz CT molecular complexity index is 1010. The molecule has 0 spiro atoms. The van der Waals surface area contributed by atoms with E-state index >= 15 is 0 Å². The molecule has 0 aromatic heterocycles. The molecule has 0 radical (unpaired) electrons. The monoisotopic (exact) mass is 420 g/mol. The van der Waals surface area contributed by atoms with Crippen LogP contribution in [-0.4, -0.2) is 59.1 Å². The lowest BCUT2D eigenvalue weighted by molar-refractivity contribution is 0.222. The number of guanidine groups is 2. The number of aliphatic imine (C=N–C) groups is 2. The molecular formula is C19H19F3N6O2. The Balaban J connectivity index is 1.77. The SMILES string of the molecule is CC1NC=C(CO)C=C1N=C1NC(=O)N(C)C2=NCC(c3cc(F)c(F)c(F)c3)N12. The zero-order chi connectivity index (χ0) is 21.6. The summed E-state index contributed by atoms with van der Waals surface area (Å²) < 4.78 is 41.1. The van der Waals surface area contributed by atoms with Crippen LogP contribution >= 0.6 is 0 Å². The minimum atomic E-state index is -1.55. The van der Waals surface area contributed by atoms with Crippen LogP contribution < -0.4 is 10.6 Å². The van der Waals surface area contributed by atoms with Crippen LogP contribution in [-0.2, 0) is 0 Å². The van der Waals surface area contributed by atoms with E-state index in [-0.39, 0.29) is 36.7 Å². The highest BCUT2D eigenvalue weighted by molar-refractivity contribution is 6.16. The number of rotatable bonds is 3. The molecule has 3 aliphatic rings. The molecule has 0 saturated carbocycles. The smallest absolute Gasteiger partial charge is 0.330 e. The first-order chi connectivity index (χ1) is 14.3. The van der Waals surface area contributed by atoms with Crippen LogP contribution in [0.3, 0.4) is 0 Å². The van der Waals surface area contributed by atoms with Gasteiger partial charge >= 0.3 is 6.03 Å². The molecule has 3 N–H and O–H groups in total. The molecule has 4 rings (SSSR count). The van der Waals surface area contributed by atoms with Crippen LogP contribution in [0.2, 0.25) is 0 Å². The van der Waals surface area contributed by atoms with E-state index in [1.54, 1.807) is 12.3 Å². The molecule has 3 heterocycles. The number of nitrogens with one attached hydrogen (secondary N) is 2. The lowest BCUT2D eigenvalue weighted by Gasteiger charge is -2.37. The van der Waals surface area contributed by atoms with E-state index in [0.29, 0.717) is 11.3 Å². The minimum Gasteiger partial charge on any atom is -0.392 e. The van der Waals surface area contributed by atoms with E-state index in [9.17, 15) is 23.1 Å². The van der Waals surface area contributed by atoms with Crippen LogP contribution in [0.1, 0.15) is 18.5 Å². The van der Waals surface area contributed by atoms with Gasteiger partial charge < -0.3 is 10.4 Å². The van der Waals surface area contributed by atoms with Crippen molar-refractivity contribution in [3.63, 3.8) is 0 Å². The summed E-state index contributed by atoms with van der Waals surface area (Å²) >= 11 is 0. The van der Waals surface area contributed by atoms with Gasteiger partial charge in [0.1, 0.15) is 0 Å². The Kier molecular flexibility index (Phi) is 4.98. The summed E-state index contributed by atoms with van der Waals surface area (Å²) in [4.78, 5) is 24.0. The second kappa shape index (κ2) is 7.48. The van der Waals surface area contributed by atoms with Crippen molar-refractivity contribution < 1.29 is 23.1 Å². The number of halogens is 3. The van der Waals surface area contributed by atoms with Gasteiger partial charge in [-0.2, -0.15) is 0 Å². The normalized spacial score (nSPS) is 24.8. The Labute approximate surface area is 170 Å². The van der Waals surface area contributed by atoms with E-state index in [1.165, 1.54) is 16.8 Å². The molecule has 2 unspecified atom stereocenters. The van der Waals surface area contributed by atoms with Gasteiger partial charge in [-0.05, 0) is 36.3 Å². The fourth-order valence-corrected chi connectivity index (χ4v) is 3.43. The van der Waals surface area contributed by atoms with Crippen molar-refractivity contribution in [3.05, 3.63) is 58.7 Å². The van der Waals surface area contributed by atoms with Crippen LogP contribution in [0.5, 0.6) is 0 Å². The molecular weight excluding hydrogens is 401 g/mol. The van der Waals surface area contributed by atoms with E-state index in [1.807, 2.05) is 6.92 Å². The number of nitrogens with zero attached hydrogens (tertiary/aromatic N) is 4. The molecule has 2 amide bonds. The Hall–Kier alpha value is -3.34. The molecule has 11 heteroatoms. The van der Waals surface area contributed by atoms with Gasteiger partial charge in [0.05, 0.1) is 30.9 Å². The maximum Gasteiger partial charge on any atom is 0.330 e. The summed E-state index contributed by atoms with van der Waals surface area (Å²) in [6.07, 6.45) is 3.34. The Morgan fingerprint density at radius 3 is 2.67 bits per heavy atom. The second-order valence-electron chi connectivity index (χ2n) is 7.08. The average molecular weight is 420 g/mol. The van der Waals surface area contributed by atoms with Gasteiger partial charge in [-0.25, -0.2) is 28.0 Å². The molecule has 1 saturated heterocycles. The highest BCUT2D eigenvalue weighted by Gasteiger charge is 2.42. The topological polar surface area (TPSA) is 92.6 Å². The zero-order valence-electron chi connectivity index (χ0n) is 16.2. The maximum absolute atomic E-state index is 13.8. The lowest BCUT2D eigenvalue weighted by atomic mass is 10.1. The van der Waals surface area contributed by atoms with Gasteiger partial charge in [0.25, 0.3) is 0 Å². The number of aliphatic hydroxyl groups excluding tert-OH is 1. The van der Waals surface area contributed by atoms with Crippen molar-refractivity contribution in [1.29, 1.82) is 0 Å². The predicted molar refractivity (Wildman–Crippen MR) is 103 cm³/mol. The van der Waals surface area contributed by atoms with Gasteiger partial charge in [0, 0.05) is 13.2 Å². The second-order valence-corrected chi connectivity index (χ2v) is 7.08. The molecule has 158 valence electrons. The summed E-state index contributed by atoms with van der Waals surface area (Å²) in [5.74, 6) is -3.80. The van der Waals surface area contributed by atoms with Gasteiger partial charge in [0.15, 0.2) is 17.5 Å². The number of benzene rings is 1. The van der Waals surface area contributed by atoms with Crippen molar-refractivity contribution in [1.82, 2.24) is 20.4 Å². The Morgan fingerprint density at radius 1 is 1.30 bits per heavy atom. The fourth-order valence-electron chi connectivity index (χ4n) is 3.43. The largest absolute Gasteiger partial charge is 0.392 e. The van der Waals surface area contributed by atoms with Crippen LogP contribution in [0.4, 0.5) is 18.0 Å². The van der Waals surface area contributed by atoms with Crippen molar-refractivity contribution >= 4 is 18.0 Å².